The first kappa shape index (κ1) is 28.1. The van der Waals surface area contributed by atoms with Crippen molar-refractivity contribution in [3.8, 4) is 11.1 Å². The zero-order valence-corrected chi connectivity index (χ0v) is 23.0. The number of hydrogen-bond acceptors (Lipinski definition) is 4. The first-order valence-electron chi connectivity index (χ1n) is 13.1. The minimum atomic E-state index is -0.718. The second-order valence-electron chi connectivity index (χ2n) is 10.1. The smallest absolute Gasteiger partial charge is 0.270 e. The lowest BCUT2D eigenvalue weighted by molar-refractivity contribution is -0.611. The molecule has 204 valence electrons. The van der Waals surface area contributed by atoms with Gasteiger partial charge in [-0.05, 0) is 48.4 Å². The van der Waals surface area contributed by atoms with E-state index in [1.807, 2.05) is 12.1 Å². The summed E-state index contributed by atoms with van der Waals surface area (Å²) in [6, 6.07) is 9.26. The Morgan fingerprint density at radius 2 is 1.79 bits per heavy atom. The van der Waals surface area contributed by atoms with Crippen molar-refractivity contribution in [2.24, 2.45) is 11.8 Å². The number of amides is 2. The molecule has 1 atom stereocenters. The van der Waals surface area contributed by atoms with Crippen LogP contribution in [0.4, 0.5) is 5.69 Å². The summed E-state index contributed by atoms with van der Waals surface area (Å²) in [7, 11) is 0. The number of halogens is 1. The van der Waals surface area contributed by atoms with Crippen LogP contribution in [0.2, 0.25) is 5.02 Å². The molecule has 0 radical (unpaired) electrons. The molecule has 1 aliphatic rings. The SMILES string of the molecule is C=CC(C=C)n1nccc1C(=O)N[C@H](C(=O)Nc1ccc(-c2c(Cl)cc[n+]([O-])c2C)cc1)C1CCC(C)CC1. The maximum Gasteiger partial charge on any atom is 0.270 e. The van der Waals surface area contributed by atoms with E-state index in [-0.39, 0.29) is 23.8 Å². The van der Waals surface area contributed by atoms with Crippen molar-refractivity contribution in [2.45, 2.75) is 51.6 Å². The number of anilines is 1. The van der Waals surface area contributed by atoms with Gasteiger partial charge in [0, 0.05) is 24.9 Å². The maximum atomic E-state index is 13.6. The molecule has 39 heavy (non-hydrogen) atoms. The zero-order chi connectivity index (χ0) is 28.1. The molecule has 8 nitrogen and oxygen atoms in total. The maximum absolute atomic E-state index is 13.6. The van der Waals surface area contributed by atoms with E-state index in [1.165, 1.54) is 10.9 Å². The lowest BCUT2D eigenvalue weighted by Gasteiger charge is -2.32. The van der Waals surface area contributed by atoms with Crippen LogP contribution >= 0.6 is 11.6 Å². The average molecular weight is 548 g/mol. The Bertz CT molecular complexity index is 1350. The van der Waals surface area contributed by atoms with E-state index in [2.05, 4.69) is 35.8 Å². The van der Waals surface area contributed by atoms with E-state index in [0.29, 0.717) is 33.6 Å². The molecule has 0 bridgehead atoms. The summed E-state index contributed by atoms with van der Waals surface area (Å²) in [5.74, 6) is -0.0576. The third-order valence-electron chi connectivity index (χ3n) is 7.50. The average Bonchev–Trinajstić information content (AvgIpc) is 3.42. The van der Waals surface area contributed by atoms with Crippen molar-refractivity contribution in [1.29, 1.82) is 0 Å². The van der Waals surface area contributed by atoms with Gasteiger partial charge >= 0.3 is 0 Å². The van der Waals surface area contributed by atoms with Crippen molar-refractivity contribution in [3.63, 3.8) is 0 Å². The quantitative estimate of drug-likeness (QED) is 0.206. The van der Waals surface area contributed by atoms with Gasteiger partial charge in [0.15, 0.2) is 11.9 Å². The summed E-state index contributed by atoms with van der Waals surface area (Å²) in [6.07, 6.45) is 9.91. The molecule has 1 aromatic carbocycles. The van der Waals surface area contributed by atoms with Crippen LogP contribution in [0.5, 0.6) is 0 Å². The van der Waals surface area contributed by atoms with Gasteiger partial charge in [-0.2, -0.15) is 9.83 Å². The van der Waals surface area contributed by atoms with Crippen LogP contribution in [-0.4, -0.2) is 27.6 Å². The molecule has 0 aliphatic heterocycles. The lowest BCUT2D eigenvalue weighted by atomic mass is 9.79. The predicted molar refractivity (Wildman–Crippen MR) is 153 cm³/mol. The number of nitrogens with one attached hydrogen (secondary N) is 2. The number of aromatic nitrogens is 3. The molecule has 2 heterocycles. The Morgan fingerprint density at radius 1 is 1.13 bits per heavy atom. The first-order chi connectivity index (χ1) is 18.7. The largest absolute Gasteiger partial charge is 0.618 e. The van der Waals surface area contributed by atoms with Crippen LogP contribution in [0.1, 0.15) is 54.8 Å². The Balaban J connectivity index is 1.55. The molecule has 1 saturated carbocycles. The van der Waals surface area contributed by atoms with Crippen molar-refractivity contribution >= 4 is 29.1 Å². The molecule has 3 aromatic rings. The minimum absolute atomic E-state index is 0.00803. The standard InChI is InChI=1S/C30H34ClN5O3/c1-5-24(6-2)36-26(15-17-32-36)29(37)34-28(22-9-7-19(3)8-10-22)30(38)33-23-13-11-21(12-14-23)27-20(4)35(39)18-16-25(27)31/h5-6,11-19,22,24,28H,1-2,7-10H2,3-4H3,(H,33,38)(H,34,37)/t19?,22?,28-/m0/s1. The van der Waals surface area contributed by atoms with Gasteiger partial charge in [-0.3, -0.25) is 9.59 Å². The topological polar surface area (TPSA) is 103 Å². The van der Waals surface area contributed by atoms with Gasteiger partial charge in [-0.1, -0.05) is 55.7 Å². The molecule has 2 aromatic heterocycles. The number of pyridine rings is 1. The minimum Gasteiger partial charge on any atom is -0.618 e. The summed E-state index contributed by atoms with van der Waals surface area (Å²) in [5.41, 5.74) is 2.80. The van der Waals surface area contributed by atoms with Gasteiger partial charge in [0.05, 0.1) is 16.6 Å². The second kappa shape index (κ2) is 12.3. The molecule has 0 unspecified atom stereocenters. The number of rotatable bonds is 9. The molecule has 1 aliphatic carbocycles. The highest BCUT2D eigenvalue weighted by Gasteiger charge is 2.33. The molecule has 1 fully saturated rings. The monoisotopic (exact) mass is 547 g/mol. The highest BCUT2D eigenvalue weighted by molar-refractivity contribution is 6.33. The highest BCUT2D eigenvalue weighted by Crippen LogP contribution is 2.32. The van der Waals surface area contributed by atoms with Gasteiger partial charge in [-0.25, -0.2) is 4.68 Å². The fourth-order valence-corrected chi connectivity index (χ4v) is 5.46. The van der Waals surface area contributed by atoms with Gasteiger partial charge in [0.1, 0.15) is 11.7 Å². The van der Waals surface area contributed by atoms with Crippen LogP contribution in [-0.2, 0) is 4.79 Å². The normalized spacial score (nSPS) is 17.8. The molecular weight excluding hydrogens is 514 g/mol. The molecule has 2 N–H and O–H groups in total. The third-order valence-corrected chi connectivity index (χ3v) is 7.81. The van der Waals surface area contributed by atoms with E-state index in [0.717, 1.165) is 36.0 Å². The van der Waals surface area contributed by atoms with Gasteiger partial charge in [-0.15, -0.1) is 13.2 Å². The van der Waals surface area contributed by atoms with Gasteiger partial charge < -0.3 is 15.8 Å². The third kappa shape index (κ3) is 6.23. The molecule has 0 spiro atoms. The van der Waals surface area contributed by atoms with Gasteiger partial charge in [0.2, 0.25) is 5.91 Å². The summed E-state index contributed by atoms with van der Waals surface area (Å²) in [6.45, 7) is 11.5. The Hall–Kier alpha value is -3.91. The molecule has 4 rings (SSSR count). The summed E-state index contributed by atoms with van der Waals surface area (Å²) in [4.78, 5) is 27.0. The van der Waals surface area contributed by atoms with Crippen molar-refractivity contribution in [2.75, 3.05) is 5.32 Å². The van der Waals surface area contributed by atoms with Crippen LogP contribution in [0.15, 0.2) is 74.1 Å². The van der Waals surface area contributed by atoms with Gasteiger partial charge in [0.25, 0.3) is 5.91 Å². The Kier molecular flexibility index (Phi) is 8.86. The number of nitrogens with zero attached hydrogens (tertiary/aromatic N) is 3. The lowest BCUT2D eigenvalue weighted by Crippen LogP contribution is -2.49. The predicted octanol–water partition coefficient (Wildman–Crippen LogP) is 5.62. The second-order valence-corrected chi connectivity index (χ2v) is 10.5. The van der Waals surface area contributed by atoms with Crippen molar-refractivity contribution < 1.29 is 14.3 Å². The van der Waals surface area contributed by atoms with E-state index >= 15 is 0 Å². The number of hydrogen-bond donors (Lipinski definition) is 2. The van der Waals surface area contributed by atoms with Crippen LogP contribution in [0.3, 0.4) is 0 Å². The Morgan fingerprint density at radius 3 is 2.44 bits per heavy atom. The molecular formula is C30H34ClN5O3. The number of allylic oxidation sites excluding steroid dienone is 2. The number of benzene rings is 1. The molecule has 0 saturated heterocycles. The van der Waals surface area contributed by atoms with E-state index in [9.17, 15) is 14.8 Å². The van der Waals surface area contributed by atoms with Crippen LogP contribution < -0.4 is 15.4 Å². The summed E-state index contributed by atoms with van der Waals surface area (Å²) in [5, 5.41) is 22.7. The van der Waals surface area contributed by atoms with Crippen LogP contribution in [0.25, 0.3) is 11.1 Å². The summed E-state index contributed by atoms with van der Waals surface area (Å²) < 4.78 is 2.31. The van der Waals surface area contributed by atoms with Crippen LogP contribution in [0, 0.1) is 24.0 Å². The first-order valence-corrected chi connectivity index (χ1v) is 13.5. The zero-order valence-electron chi connectivity index (χ0n) is 22.3. The van der Waals surface area contributed by atoms with E-state index < -0.39 is 6.04 Å². The number of carbonyl (C=O) groups excluding carboxylic acids is 2. The van der Waals surface area contributed by atoms with Crippen molar-refractivity contribution in [1.82, 2.24) is 15.1 Å². The highest BCUT2D eigenvalue weighted by atomic mass is 35.5. The fourth-order valence-electron chi connectivity index (χ4n) is 5.16. The summed E-state index contributed by atoms with van der Waals surface area (Å²) >= 11 is 6.36. The molecule has 9 heteroatoms. The Labute approximate surface area is 234 Å². The number of carbonyl (C=O) groups is 2. The molecule has 2 amide bonds. The fraction of sp³-hybridized carbons (Fsp3) is 0.333. The van der Waals surface area contributed by atoms with E-state index in [1.54, 1.807) is 49.5 Å². The van der Waals surface area contributed by atoms with E-state index in [4.69, 9.17) is 11.6 Å². The van der Waals surface area contributed by atoms with Crippen molar-refractivity contribution in [3.05, 3.63) is 95.7 Å².